The van der Waals surface area contributed by atoms with Crippen molar-refractivity contribution in [3.8, 4) is 0 Å². The van der Waals surface area contributed by atoms with Crippen molar-refractivity contribution in [3.05, 3.63) is 50.8 Å². The van der Waals surface area contributed by atoms with Crippen LogP contribution in [0.15, 0.2) is 17.1 Å². The highest BCUT2D eigenvalue weighted by molar-refractivity contribution is 5.39. The molecule has 2 aromatic heterocycles. The molecule has 1 fully saturated rings. The van der Waals surface area contributed by atoms with Crippen LogP contribution in [0.4, 0.5) is 5.82 Å². The summed E-state index contributed by atoms with van der Waals surface area (Å²) in [5, 5.41) is 3.29. The number of hydrogen-bond donors (Lipinski definition) is 2. The number of ether oxygens (including phenoxy) is 2. The predicted octanol–water partition coefficient (Wildman–Crippen LogP) is 2.04. The Labute approximate surface area is 146 Å². The molecule has 7 heteroatoms. The average molecular weight is 344 g/mol. The van der Waals surface area contributed by atoms with Gasteiger partial charge in [-0.1, -0.05) is 0 Å². The third kappa shape index (κ3) is 4.05. The van der Waals surface area contributed by atoms with Crippen molar-refractivity contribution in [2.75, 3.05) is 25.6 Å². The van der Waals surface area contributed by atoms with Crippen LogP contribution in [0.5, 0.6) is 0 Å². The second kappa shape index (κ2) is 7.76. The van der Waals surface area contributed by atoms with Crippen LogP contribution in [0.3, 0.4) is 0 Å². The fourth-order valence-electron chi connectivity index (χ4n) is 2.94. The first-order valence-electron chi connectivity index (χ1n) is 8.44. The summed E-state index contributed by atoms with van der Waals surface area (Å²) < 4.78 is 10.6. The third-order valence-electron chi connectivity index (χ3n) is 4.47. The zero-order chi connectivity index (χ0) is 17.8. The molecule has 2 N–H and O–H groups in total. The molecule has 1 unspecified atom stereocenters. The topological polar surface area (TPSA) is 89.1 Å². The molecule has 25 heavy (non-hydrogen) atoms. The van der Waals surface area contributed by atoms with Crippen molar-refractivity contribution in [1.82, 2.24) is 15.0 Å². The minimum Gasteiger partial charge on any atom is -0.381 e. The summed E-state index contributed by atoms with van der Waals surface area (Å²) in [6.07, 6.45) is 2.71. The summed E-state index contributed by atoms with van der Waals surface area (Å²) >= 11 is 0. The molecule has 0 aliphatic carbocycles. The number of methoxy groups -OCH3 is 1. The van der Waals surface area contributed by atoms with Gasteiger partial charge in [0.2, 0.25) is 0 Å². The maximum atomic E-state index is 12.1. The molecule has 1 aliphatic heterocycles. The van der Waals surface area contributed by atoms with Gasteiger partial charge in [-0.05, 0) is 20.3 Å². The van der Waals surface area contributed by atoms with Gasteiger partial charge >= 0.3 is 0 Å². The highest BCUT2D eigenvalue weighted by Gasteiger charge is 2.20. The van der Waals surface area contributed by atoms with Gasteiger partial charge in [0, 0.05) is 48.7 Å². The molecule has 3 rings (SSSR count). The van der Waals surface area contributed by atoms with E-state index in [0.717, 1.165) is 35.8 Å². The molecule has 0 bridgehead atoms. The van der Waals surface area contributed by atoms with Gasteiger partial charge in [0.25, 0.3) is 0 Å². The first-order chi connectivity index (χ1) is 12.1. The van der Waals surface area contributed by atoms with E-state index in [0.29, 0.717) is 37.1 Å². The number of rotatable bonds is 6. The van der Waals surface area contributed by atoms with Gasteiger partial charge in [0.1, 0.15) is 12.4 Å². The normalized spacial score (nSPS) is 17.0. The van der Waals surface area contributed by atoms with E-state index < -0.39 is 0 Å². The smallest absolute Gasteiger partial charge is 0.187 e. The molecule has 0 saturated carbocycles. The van der Waals surface area contributed by atoms with Crippen LogP contribution in [0, 0.1) is 13.8 Å². The lowest BCUT2D eigenvalue weighted by Crippen LogP contribution is -2.16. The first kappa shape index (κ1) is 17.6. The van der Waals surface area contributed by atoms with E-state index in [1.165, 1.54) is 0 Å². The number of nitrogens with zero attached hydrogens (tertiary/aromatic N) is 2. The standard InChI is InChI=1S/C18H24N4O3/c1-11-7-19-15(12(2)18(11)23)8-20-16-6-14(13-4-5-25-9-13)21-17(22-16)10-24-3/h6-7,13H,4-5,8-10H2,1-3H3,(H,19,23)(H,20,21,22). The number of nitrogens with one attached hydrogen (secondary N) is 2. The zero-order valence-corrected chi connectivity index (χ0v) is 14.9. The number of H-pyrrole nitrogens is 1. The predicted molar refractivity (Wildman–Crippen MR) is 94.8 cm³/mol. The SMILES string of the molecule is COCc1nc(NCc2[nH]cc(C)c(=O)c2C)cc(C2CCOC2)n1. The van der Waals surface area contributed by atoms with Crippen LogP contribution in [-0.2, 0) is 22.6 Å². The fourth-order valence-corrected chi connectivity index (χ4v) is 2.94. The molecular weight excluding hydrogens is 320 g/mol. The maximum absolute atomic E-state index is 12.1. The Balaban J connectivity index is 1.81. The van der Waals surface area contributed by atoms with E-state index in [4.69, 9.17) is 9.47 Å². The van der Waals surface area contributed by atoms with Gasteiger partial charge in [-0.2, -0.15) is 0 Å². The second-order valence-electron chi connectivity index (χ2n) is 6.35. The van der Waals surface area contributed by atoms with Crippen LogP contribution >= 0.6 is 0 Å². The van der Waals surface area contributed by atoms with Gasteiger partial charge in [-0.15, -0.1) is 0 Å². The van der Waals surface area contributed by atoms with E-state index in [9.17, 15) is 4.79 Å². The van der Waals surface area contributed by atoms with E-state index >= 15 is 0 Å². The maximum Gasteiger partial charge on any atom is 0.187 e. The Bertz CT molecular complexity index is 797. The van der Waals surface area contributed by atoms with E-state index in [-0.39, 0.29) is 5.43 Å². The van der Waals surface area contributed by atoms with E-state index in [1.54, 1.807) is 20.2 Å². The van der Waals surface area contributed by atoms with E-state index in [2.05, 4.69) is 20.3 Å². The number of hydrogen-bond acceptors (Lipinski definition) is 6. The monoisotopic (exact) mass is 344 g/mol. The lowest BCUT2D eigenvalue weighted by molar-refractivity contribution is 0.177. The molecular formula is C18H24N4O3. The Morgan fingerprint density at radius 2 is 2.24 bits per heavy atom. The van der Waals surface area contributed by atoms with Crippen LogP contribution in [0.2, 0.25) is 0 Å². The van der Waals surface area contributed by atoms with Gasteiger partial charge in [0.05, 0.1) is 18.8 Å². The molecule has 0 radical (unpaired) electrons. The molecule has 0 spiro atoms. The lowest BCUT2D eigenvalue weighted by atomic mass is 10.0. The van der Waals surface area contributed by atoms with Crippen molar-refractivity contribution in [1.29, 1.82) is 0 Å². The number of anilines is 1. The number of aryl methyl sites for hydroxylation is 1. The summed E-state index contributed by atoms with van der Waals surface area (Å²) in [6, 6.07) is 1.96. The van der Waals surface area contributed by atoms with E-state index in [1.807, 2.05) is 13.0 Å². The van der Waals surface area contributed by atoms with Crippen molar-refractivity contribution in [2.24, 2.45) is 0 Å². The van der Waals surface area contributed by atoms with Crippen molar-refractivity contribution in [3.63, 3.8) is 0 Å². The Morgan fingerprint density at radius 3 is 2.96 bits per heavy atom. The second-order valence-corrected chi connectivity index (χ2v) is 6.35. The minimum absolute atomic E-state index is 0.0714. The number of aromatic amines is 1. The fraction of sp³-hybridized carbons (Fsp3) is 0.500. The summed E-state index contributed by atoms with van der Waals surface area (Å²) in [4.78, 5) is 24.3. The third-order valence-corrected chi connectivity index (χ3v) is 4.47. The Kier molecular flexibility index (Phi) is 5.45. The van der Waals surface area contributed by atoms with Gasteiger partial charge in [-0.3, -0.25) is 4.79 Å². The highest BCUT2D eigenvalue weighted by atomic mass is 16.5. The van der Waals surface area contributed by atoms with Crippen LogP contribution < -0.4 is 10.7 Å². The van der Waals surface area contributed by atoms with Crippen LogP contribution in [0.1, 0.15) is 40.7 Å². The average Bonchev–Trinajstić information content (AvgIpc) is 3.14. The lowest BCUT2D eigenvalue weighted by Gasteiger charge is -2.13. The Morgan fingerprint density at radius 1 is 1.40 bits per heavy atom. The van der Waals surface area contributed by atoms with Crippen LogP contribution in [-0.4, -0.2) is 35.3 Å². The van der Waals surface area contributed by atoms with Gasteiger partial charge in [0.15, 0.2) is 11.3 Å². The molecule has 1 saturated heterocycles. The summed E-state index contributed by atoms with van der Waals surface area (Å²) in [5.41, 5.74) is 3.34. The molecule has 3 heterocycles. The molecule has 134 valence electrons. The van der Waals surface area contributed by atoms with Crippen molar-refractivity contribution >= 4 is 5.82 Å². The minimum atomic E-state index is 0.0714. The molecule has 1 aliphatic rings. The summed E-state index contributed by atoms with van der Waals surface area (Å²) in [6.45, 7) is 5.94. The van der Waals surface area contributed by atoms with Gasteiger partial charge < -0.3 is 19.8 Å². The quantitative estimate of drug-likeness (QED) is 0.834. The molecule has 0 aromatic carbocycles. The van der Waals surface area contributed by atoms with Crippen molar-refractivity contribution in [2.45, 2.75) is 39.3 Å². The highest BCUT2D eigenvalue weighted by Crippen LogP contribution is 2.25. The Hall–Kier alpha value is -2.25. The number of aromatic nitrogens is 3. The summed E-state index contributed by atoms with van der Waals surface area (Å²) in [7, 11) is 1.63. The molecule has 0 amide bonds. The first-order valence-corrected chi connectivity index (χ1v) is 8.44. The number of pyridine rings is 1. The van der Waals surface area contributed by atoms with Crippen molar-refractivity contribution < 1.29 is 9.47 Å². The van der Waals surface area contributed by atoms with Crippen LogP contribution in [0.25, 0.3) is 0 Å². The molecule has 1 atom stereocenters. The van der Waals surface area contributed by atoms with Gasteiger partial charge in [-0.25, -0.2) is 9.97 Å². The molecule has 2 aromatic rings. The zero-order valence-electron chi connectivity index (χ0n) is 14.9. The summed E-state index contributed by atoms with van der Waals surface area (Å²) in [5.74, 6) is 1.66. The molecule has 7 nitrogen and oxygen atoms in total. The largest absolute Gasteiger partial charge is 0.381 e.